The number of halogens is 3. The van der Waals surface area contributed by atoms with Crippen molar-refractivity contribution in [1.82, 2.24) is 10.1 Å². The molecule has 0 radical (unpaired) electrons. The van der Waals surface area contributed by atoms with Crippen molar-refractivity contribution in [3.8, 4) is 0 Å². The van der Waals surface area contributed by atoms with E-state index in [2.05, 4.69) is 14.7 Å². The van der Waals surface area contributed by atoms with Gasteiger partial charge in [-0.1, -0.05) is 6.92 Å². The van der Waals surface area contributed by atoms with E-state index in [1.807, 2.05) is 4.72 Å². The van der Waals surface area contributed by atoms with E-state index >= 15 is 0 Å². The van der Waals surface area contributed by atoms with Gasteiger partial charge in [0.2, 0.25) is 5.89 Å². The molecule has 0 spiro atoms. The van der Waals surface area contributed by atoms with Gasteiger partial charge in [0.1, 0.15) is 0 Å². The number of rotatable bonds is 4. The Morgan fingerprint density at radius 1 is 1.25 bits per heavy atom. The highest BCUT2D eigenvalue weighted by molar-refractivity contribution is 7.92. The van der Waals surface area contributed by atoms with Crippen molar-refractivity contribution in [1.29, 1.82) is 0 Å². The summed E-state index contributed by atoms with van der Waals surface area (Å²) in [6, 6.07) is 0.698. The number of sulfonamides is 1. The summed E-state index contributed by atoms with van der Waals surface area (Å²) in [4.78, 5) is 2.88. The van der Waals surface area contributed by atoms with Crippen LogP contribution < -0.4 is 4.72 Å². The molecule has 1 heterocycles. The fourth-order valence-electron chi connectivity index (χ4n) is 1.31. The normalized spacial score (nSPS) is 11.6. The van der Waals surface area contributed by atoms with Crippen molar-refractivity contribution in [3.05, 3.63) is 35.5 Å². The molecule has 108 valence electrons. The third kappa shape index (κ3) is 2.74. The SMILES string of the molecule is CCc1nc(NS(=O)(=O)c2cc(F)c(F)c(F)c2)no1. The van der Waals surface area contributed by atoms with Gasteiger partial charge in [-0.15, -0.1) is 0 Å². The lowest BCUT2D eigenvalue weighted by molar-refractivity contribution is 0.383. The molecule has 2 rings (SSSR count). The van der Waals surface area contributed by atoms with Gasteiger partial charge in [0.25, 0.3) is 16.0 Å². The highest BCUT2D eigenvalue weighted by Gasteiger charge is 2.22. The summed E-state index contributed by atoms with van der Waals surface area (Å²) in [7, 11) is -4.35. The summed E-state index contributed by atoms with van der Waals surface area (Å²) in [6.45, 7) is 1.70. The largest absolute Gasteiger partial charge is 0.337 e. The zero-order valence-corrected chi connectivity index (χ0v) is 10.8. The first kappa shape index (κ1) is 14.3. The minimum absolute atomic E-state index is 0.180. The van der Waals surface area contributed by atoms with Crippen LogP contribution in [0, 0.1) is 17.5 Å². The van der Waals surface area contributed by atoms with Gasteiger partial charge < -0.3 is 4.52 Å². The highest BCUT2D eigenvalue weighted by Crippen LogP contribution is 2.19. The van der Waals surface area contributed by atoms with Crippen molar-refractivity contribution in [2.45, 2.75) is 18.2 Å². The van der Waals surface area contributed by atoms with E-state index < -0.39 is 32.4 Å². The molecular formula is C10H8F3N3O3S. The van der Waals surface area contributed by atoms with Crippen LogP contribution in [0.1, 0.15) is 12.8 Å². The Morgan fingerprint density at radius 2 is 1.85 bits per heavy atom. The second-order valence-corrected chi connectivity index (χ2v) is 5.35. The molecular weight excluding hydrogens is 299 g/mol. The van der Waals surface area contributed by atoms with E-state index in [1.54, 1.807) is 6.92 Å². The minimum Gasteiger partial charge on any atom is -0.337 e. The number of anilines is 1. The van der Waals surface area contributed by atoms with E-state index in [9.17, 15) is 21.6 Å². The summed E-state index contributed by atoms with van der Waals surface area (Å²) in [5.41, 5.74) is 0. The molecule has 0 bridgehead atoms. The summed E-state index contributed by atoms with van der Waals surface area (Å²) in [5, 5.41) is 3.32. The van der Waals surface area contributed by atoms with E-state index in [-0.39, 0.29) is 11.8 Å². The average molecular weight is 307 g/mol. The summed E-state index contributed by atoms with van der Waals surface area (Å²) < 4.78 is 69.0. The monoisotopic (exact) mass is 307 g/mol. The Labute approximate surface area is 111 Å². The molecule has 0 unspecified atom stereocenters. The molecule has 1 aromatic heterocycles. The smallest absolute Gasteiger partial charge is 0.277 e. The average Bonchev–Trinajstić information content (AvgIpc) is 2.82. The molecule has 20 heavy (non-hydrogen) atoms. The third-order valence-corrected chi connectivity index (χ3v) is 3.57. The zero-order valence-electron chi connectivity index (χ0n) is 10.0. The maximum absolute atomic E-state index is 13.0. The van der Waals surface area contributed by atoms with Gasteiger partial charge >= 0.3 is 0 Å². The highest BCUT2D eigenvalue weighted by atomic mass is 32.2. The van der Waals surface area contributed by atoms with E-state index in [0.717, 1.165) is 0 Å². The first-order valence-corrected chi connectivity index (χ1v) is 6.81. The Bertz CT molecular complexity index is 722. The van der Waals surface area contributed by atoms with E-state index in [1.165, 1.54) is 0 Å². The van der Waals surface area contributed by atoms with Crippen molar-refractivity contribution in [2.24, 2.45) is 0 Å². The molecule has 0 aliphatic carbocycles. The van der Waals surface area contributed by atoms with Gasteiger partial charge in [0, 0.05) is 6.42 Å². The van der Waals surface area contributed by atoms with Crippen LogP contribution in [0.4, 0.5) is 19.1 Å². The number of aromatic nitrogens is 2. The third-order valence-electron chi connectivity index (χ3n) is 2.26. The fourth-order valence-corrected chi connectivity index (χ4v) is 2.26. The molecule has 0 amide bonds. The van der Waals surface area contributed by atoms with Crippen LogP contribution in [-0.4, -0.2) is 18.6 Å². The van der Waals surface area contributed by atoms with E-state index in [0.29, 0.717) is 18.6 Å². The van der Waals surface area contributed by atoms with Crippen LogP contribution in [0.5, 0.6) is 0 Å². The lowest BCUT2D eigenvalue weighted by Crippen LogP contribution is -2.15. The number of hydrogen-bond donors (Lipinski definition) is 1. The zero-order chi connectivity index (χ0) is 14.9. The Kier molecular flexibility index (Phi) is 3.66. The van der Waals surface area contributed by atoms with Crippen molar-refractivity contribution >= 4 is 16.0 Å². The quantitative estimate of drug-likeness (QED) is 0.871. The second-order valence-electron chi connectivity index (χ2n) is 3.67. The molecule has 1 N–H and O–H groups in total. The van der Waals surface area contributed by atoms with Crippen molar-refractivity contribution in [2.75, 3.05) is 4.72 Å². The maximum Gasteiger partial charge on any atom is 0.277 e. The summed E-state index contributed by atoms with van der Waals surface area (Å²) in [6.07, 6.45) is 0.383. The standard InChI is InChI=1S/C10H8F3N3O3S/c1-2-8-14-10(15-19-8)16-20(17,18)5-3-6(11)9(13)7(12)4-5/h3-4H,2H2,1H3,(H,15,16). The summed E-state index contributed by atoms with van der Waals surface area (Å²) >= 11 is 0. The molecule has 0 atom stereocenters. The van der Waals surface area contributed by atoms with Gasteiger partial charge in [0.15, 0.2) is 17.5 Å². The Morgan fingerprint density at radius 3 is 2.35 bits per heavy atom. The van der Waals surface area contributed by atoms with Crippen LogP contribution in [0.2, 0.25) is 0 Å². The maximum atomic E-state index is 13.0. The molecule has 0 saturated carbocycles. The predicted molar refractivity (Wildman–Crippen MR) is 60.8 cm³/mol. The van der Waals surface area contributed by atoms with Crippen molar-refractivity contribution < 1.29 is 26.1 Å². The molecule has 0 aliphatic rings. The van der Waals surface area contributed by atoms with Crippen LogP contribution >= 0.6 is 0 Å². The molecule has 0 saturated heterocycles. The van der Waals surface area contributed by atoms with Crippen molar-refractivity contribution in [3.63, 3.8) is 0 Å². The number of hydrogen-bond acceptors (Lipinski definition) is 5. The lowest BCUT2D eigenvalue weighted by atomic mass is 10.3. The van der Waals surface area contributed by atoms with Crippen LogP contribution in [-0.2, 0) is 16.4 Å². The predicted octanol–water partition coefficient (Wildman–Crippen LogP) is 1.85. The fraction of sp³-hybridized carbons (Fsp3) is 0.200. The number of benzene rings is 1. The van der Waals surface area contributed by atoms with Gasteiger partial charge in [0.05, 0.1) is 4.90 Å². The number of nitrogens with one attached hydrogen (secondary N) is 1. The minimum atomic E-state index is -4.35. The van der Waals surface area contributed by atoms with E-state index in [4.69, 9.17) is 0 Å². The molecule has 6 nitrogen and oxygen atoms in total. The van der Waals surface area contributed by atoms with Crippen LogP contribution in [0.25, 0.3) is 0 Å². The first-order valence-electron chi connectivity index (χ1n) is 5.33. The Balaban J connectivity index is 2.35. The second kappa shape index (κ2) is 5.12. The molecule has 2 aromatic rings. The molecule has 1 aromatic carbocycles. The number of aryl methyl sites for hydroxylation is 1. The van der Waals surface area contributed by atoms with Gasteiger partial charge in [-0.2, -0.15) is 4.98 Å². The number of nitrogens with zero attached hydrogens (tertiary/aromatic N) is 2. The van der Waals surface area contributed by atoms with Gasteiger partial charge in [-0.25, -0.2) is 26.3 Å². The molecule has 0 fully saturated rings. The van der Waals surface area contributed by atoms with Gasteiger partial charge in [-0.3, -0.25) is 0 Å². The lowest BCUT2D eigenvalue weighted by Gasteiger charge is -2.05. The summed E-state index contributed by atoms with van der Waals surface area (Å²) in [5.74, 6) is -5.19. The first-order chi connectivity index (χ1) is 9.33. The molecule has 0 aliphatic heterocycles. The van der Waals surface area contributed by atoms with Crippen LogP contribution in [0.3, 0.4) is 0 Å². The van der Waals surface area contributed by atoms with Gasteiger partial charge in [-0.05, 0) is 17.3 Å². The topological polar surface area (TPSA) is 85.1 Å². The molecule has 10 heteroatoms. The Hall–Kier alpha value is -2.10. The van der Waals surface area contributed by atoms with Crippen LogP contribution in [0.15, 0.2) is 21.6 Å².